The quantitative estimate of drug-likeness (QED) is 0.774. The van der Waals surface area contributed by atoms with Gasteiger partial charge in [-0.15, -0.1) is 11.8 Å². The van der Waals surface area contributed by atoms with E-state index in [1.807, 2.05) is 30.0 Å². The lowest BCUT2D eigenvalue weighted by molar-refractivity contribution is 0.289. The fraction of sp³-hybridized carbons (Fsp3) is 0.556. The van der Waals surface area contributed by atoms with Crippen LogP contribution in [-0.2, 0) is 13.0 Å². The summed E-state index contributed by atoms with van der Waals surface area (Å²) in [6.45, 7) is 6.19. The summed E-state index contributed by atoms with van der Waals surface area (Å²) in [4.78, 5) is 16.5. The van der Waals surface area contributed by atoms with Gasteiger partial charge < -0.3 is 4.90 Å². The Morgan fingerprint density at radius 1 is 1.27 bits per heavy atom. The third kappa shape index (κ3) is 3.86. The summed E-state index contributed by atoms with van der Waals surface area (Å²) in [6.07, 6.45) is 1.74. The molecule has 1 unspecified atom stereocenters. The van der Waals surface area contributed by atoms with E-state index in [-0.39, 0.29) is 5.69 Å². The van der Waals surface area contributed by atoms with Crippen LogP contribution in [0.4, 0.5) is 0 Å². The standard InChI is InChI=1S/C18H23ClN4OS2/c1-13-11-17-20-22(6-2-5-21-7-9-25-10-8-21)18(24)23(17)15-4-3-14(19)12-16(15)26-13/h3-4,12-13H,2,5-11H2,1H3. The zero-order valence-corrected chi connectivity index (χ0v) is 17.2. The van der Waals surface area contributed by atoms with E-state index < -0.39 is 0 Å². The molecule has 140 valence electrons. The second-order valence-corrected chi connectivity index (χ2v) is 9.95. The molecule has 1 aromatic carbocycles. The third-order valence-electron chi connectivity index (χ3n) is 4.82. The number of benzene rings is 1. The molecule has 1 saturated heterocycles. The van der Waals surface area contributed by atoms with Gasteiger partial charge in [0.1, 0.15) is 5.82 Å². The Hall–Kier alpha value is -0.890. The summed E-state index contributed by atoms with van der Waals surface area (Å²) in [5.74, 6) is 3.28. The second kappa shape index (κ2) is 8.00. The lowest BCUT2D eigenvalue weighted by Crippen LogP contribution is -2.34. The Bertz CT molecular complexity index is 844. The molecule has 26 heavy (non-hydrogen) atoms. The van der Waals surface area contributed by atoms with Crippen molar-refractivity contribution in [3.05, 3.63) is 39.5 Å². The number of rotatable bonds is 4. The summed E-state index contributed by atoms with van der Waals surface area (Å²) >= 11 is 9.94. The number of nitrogens with zero attached hydrogens (tertiary/aromatic N) is 4. The van der Waals surface area contributed by atoms with Crippen molar-refractivity contribution >= 4 is 35.1 Å². The minimum absolute atomic E-state index is 0.0347. The SMILES string of the molecule is CC1Cc2nn(CCCN3CCSCC3)c(=O)n2-c2ccc(Cl)cc2S1. The van der Waals surface area contributed by atoms with Gasteiger partial charge in [-0.2, -0.15) is 16.9 Å². The van der Waals surface area contributed by atoms with Crippen molar-refractivity contribution in [2.45, 2.75) is 36.5 Å². The van der Waals surface area contributed by atoms with Crippen molar-refractivity contribution in [3.63, 3.8) is 0 Å². The molecule has 1 atom stereocenters. The molecule has 0 saturated carbocycles. The minimum atomic E-state index is -0.0347. The zero-order valence-electron chi connectivity index (χ0n) is 14.9. The number of thioether (sulfide) groups is 2. The normalized spacial score (nSPS) is 20.5. The monoisotopic (exact) mass is 410 g/mol. The molecule has 3 heterocycles. The Balaban J connectivity index is 1.57. The number of halogens is 1. The Morgan fingerprint density at radius 2 is 2.08 bits per heavy atom. The molecule has 0 amide bonds. The maximum Gasteiger partial charge on any atom is 0.350 e. The van der Waals surface area contributed by atoms with Gasteiger partial charge >= 0.3 is 5.69 Å². The molecule has 0 spiro atoms. The van der Waals surface area contributed by atoms with E-state index in [1.54, 1.807) is 21.0 Å². The van der Waals surface area contributed by atoms with Crippen LogP contribution in [0.2, 0.25) is 5.02 Å². The van der Waals surface area contributed by atoms with E-state index in [1.165, 1.54) is 11.5 Å². The molecule has 0 N–H and O–H groups in total. The number of hydrogen-bond donors (Lipinski definition) is 0. The van der Waals surface area contributed by atoms with Crippen LogP contribution < -0.4 is 5.69 Å². The summed E-state index contributed by atoms with van der Waals surface area (Å²) < 4.78 is 3.43. The average molecular weight is 411 g/mol. The summed E-state index contributed by atoms with van der Waals surface area (Å²) in [5, 5.41) is 5.72. The van der Waals surface area contributed by atoms with Gasteiger partial charge in [-0.05, 0) is 31.2 Å². The first-order valence-corrected chi connectivity index (χ1v) is 11.5. The molecule has 0 radical (unpaired) electrons. The van der Waals surface area contributed by atoms with Crippen molar-refractivity contribution in [1.29, 1.82) is 0 Å². The fourth-order valence-corrected chi connectivity index (χ4v) is 5.88. The lowest BCUT2D eigenvalue weighted by Gasteiger charge is -2.25. The number of fused-ring (bicyclic) bond motifs is 3. The van der Waals surface area contributed by atoms with Crippen LogP contribution in [0.25, 0.3) is 5.69 Å². The molecule has 1 aromatic heterocycles. The topological polar surface area (TPSA) is 43.1 Å². The van der Waals surface area contributed by atoms with Crippen LogP contribution in [0.15, 0.2) is 27.9 Å². The van der Waals surface area contributed by atoms with Gasteiger partial charge in [0.25, 0.3) is 0 Å². The molecule has 2 aliphatic rings. The maximum absolute atomic E-state index is 13.0. The van der Waals surface area contributed by atoms with Gasteiger partial charge in [0.15, 0.2) is 0 Å². The number of aromatic nitrogens is 3. The van der Waals surface area contributed by atoms with Crippen molar-refractivity contribution < 1.29 is 0 Å². The van der Waals surface area contributed by atoms with Crippen LogP contribution in [0.1, 0.15) is 19.2 Å². The number of hydrogen-bond acceptors (Lipinski definition) is 5. The predicted molar refractivity (Wildman–Crippen MR) is 110 cm³/mol. The van der Waals surface area contributed by atoms with E-state index in [4.69, 9.17) is 11.6 Å². The van der Waals surface area contributed by atoms with E-state index in [2.05, 4.69) is 16.9 Å². The second-order valence-electron chi connectivity index (χ2n) is 6.81. The van der Waals surface area contributed by atoms with Gasteiger partial charge in [-0.25, -0.2) is 14.0 Å². The van der Waals surface area contributed by atoms with E-state index in [0.29, 0.717) is 16.8 Å². The van der Waals surface area contributed by atoms with Crippen LogP contribution in [0, 0.1) is 0 Å². The van der Waals surface area contributed by atoms with Crippen molar-refractivity contribution in [3.8, 4) is 5.69 Å². The first-order chi connectivity index (χ1) is 12.6. The predicted octanol–water partition coefficient (Wildman–Crippen LogP) is 3.16. The molecule has 0 bridgehead atoms. The number of aryl methyl sites for hydroxylation is 1. The highest BCUT2D eigenvalue weighted by molar-refractivity contribution is 8.00. The highest BCUT2D eigenvalue weighted by Gasteiger charge is 2.24. The van der Waals surface area contributed by atoms with Crippen molar-refractivity contribution in [1.82, 2.24) is 19.2 Å². The maximum atomic E-state index is 13.0. The molecular weight excluding hydrogens is 388 g/mol. The molecule has 2 aromatic rings. The van der Waals surface area contributed by atoms with Crippen molar-refractivity contribution in [2.24, 2.45) is 0 Å². The lowest BCUT2D eigenvalue weighted by atomic mass is 10.3. The molecule has 8 heteroatoms. The minimum Gasteiger partial charge on any atom is -0.302 e. The Morgan fingerprint density at radius 3 is 2.88 bits per heavy atom. The van der Waals surface area contributed by atoms with Gasteiger partial charge in [0, 0.05) is 52.7 Å². The summed E-state index contributed by atoms with van der Waals surface area (Å²) in [5.41, 5.74) is 0.871. The van der Waals surface area contributed by atoms with Crippen molar-refractivity contribution in [2.75, 3.05) is 31.1 Å². The molecule has 2 aliphatic heterocycles. The Kier molecular flexibility index (Phi) is 5.69. The highest BCUT2D eigenvalue weighted by Crippen LogP contribution is 2.35. The van der Waals surface area contributed by atoms with Crippen LogP contribution in [0.5, 0.6) is 0 Å². The first-order valence-electron chi connectivity index (χ1n) is 9.07. The largest absolute Gasteiger partial charge is 0.350 e. The van der Waals surface area contributed by atoms with Gasteiger partial charge in [0.2, 0.25) is 0 Å². The summed E-state index contributed by atoms with van der Waals surface area (Å²) in [6, 6.07) is 5.73. The zero-order chi connectivity index (χ0) is 18.1. The molecular formula is C18H23ClN4OS2. The summed E-state index contributed by atoms with van der Waals surface area (Å²) in [7, 11) is 0. The van der Waals surface area contributed by atoms with Crippen LogP contribution in [0.3, 0.4) is 0 Å². The highest BCUT2D eigenvalue weighted by atomic mass is 35.5. The van der Waals surface area contributed by atoms with E-state index in [0.717, 1.165) is 48.9 Å². The Labute approximate surface area is 167 Å². The van der Waals surface area contributed by atoms with E-state index in [9.17, 15) is 4.79 Å². The molecule has 0 aliphatic carbocycles. The molecule has 4 rings (SSSR count). The molecule has 1 fully saturated rings. The third-order valence-corrected chi connectivity index (χ3v) is 7.14. The van der Waals surface area contributed by atoms with E-state index >= 15 is 0 Å². The molecule has 5 nitrogen and oxygen atoms in total. The van der Waals surface area contributed by atoms with Gasteiger partial charge in [0.05, 0.1) is 5.69 Å². The smallest absolute Gasteiger partial charge is 0.302 e. The van der Waals surface area contributed by atoms with Gasteiger partial charge in [-0.3, -0.25) is 0 Å². The van der Waals surface area contributed by atoms with Crippen LogP contribution >= 0.6 is 35.1 Å². The average Bonchev–Trinajstić information content (AvgIpc) is 2.83. The van der Waals surface area contributed by atoms with Gasteiger partial charge in [-0.1, -0.05) is 18.5 Å². The first kappa shape index (κ1) is 18.5. The fourth-order valence-electron chi connectivity index (χ4n) is 3.52. The van der Waals surface area contributed by atoms with Crippen LogP contribution in [-0.4, -0.2) is 55.6 Å².